The van der Waals surface area contributed by atoms with Gasteiger partial charge in [-0.1, -0.05) is 32.0 Å². The van der Waals surface area contributed by atoms with Crippen molar-refractivity contribution in [1.82, 2.24) is 5.43 Å². The van der Waals surface area contributed by atoms with E-state index in [1.807, 2.05) is 36.4 Å². The van der Waals surface area contributed by atoms with Crippen molar-refractivity contribution in [3.05, 3.63) is 53.5 Å². The van der Waals surface area contributed by atoms with Gasteiger partial charge in [0, 0.05) is 12.0 Å². The summed E-state index contributed by atoms with van der Waals surface area (Å²) in [4.78, 5) is 0. The summed E-state index contributed by atoms with van der Waals surface area (Å²) >= 11 is 0. The first-order chi connectivity index (χ1) is 9.80. The minimum Gasteiger partial charge on any atom is -0.493 e. The summed E-state index contributed by atoms with van der Waals surface area (Å²) in [6.07, 6.45) is 1.83. The van der Waals surface area contributed by atoms with Gasteiger partial charge in [-0.2, -0.15) is 0 Å². The lowest BCUT2D eigenvalue weighted by Gasteiger charge is -2.18. The third-order valence-electron chi connectivity index (χ3n) is 3.17. The number of nitrogens with two attached hydrogens (primary N) is 1. The fraction of sp³-hybridized carbons (Fsp3) is 0.375. The van der Waals surface area contributed by atoms with E-state index in [9.17, 15) is 0 Å². The molecule has 108 valence electrons. The molecule has 0 saturated carbocycles. The van der Waals surface area contributed by atoms with Crippen molar-refractivity contribution in [3.8, 4) is 5.75 Å². The summed E-state index contributed by atoms with van der Waals surface area (Å²) in [5.74, 6) is 8.31. The molecule has 2 rings (SSSR count). The Hall–Kier alpha value is -1.78. The van der Waals surface area contributed by atoms with Gasteiger partial charge in [-0.05, 0) is 24.6 Å². The highest BCUT2D eigenvalue weighted by Crippen LogP contribution is 2.30. The van der Waals surface area contributed by atoms with Crippen LogP contribution in [0.3, 0.4) is 0 Å². The number of benzene rings is 1. The lowest BCUT2D eigenvalue weighted by Crippen LogP contribution is -2.29. The maximum Gasteiger partial charge on any atom is 0.127 e. The minimum absolute atomic E-state index is 0.205. The van der Waals surface area contributed by atoms with Gasteiger partial charge in [0.1, 0.15) is 23.3 Å². The number of rotatable bonds is 7. The van der Waals surface area contributed by atoms with Crippen LogP contribution in [0.15, 0.2) is 40.8 Å². The van der Waals surface area contributed by atoms with Crippen molar-refractivity contribution in [2.75, 3.05) is 6.61 Å². The number of hydrogen-bond donors (Lipinski definition) is 2. The molecule has 0 spiro atoms. The second-order valence-corrected chi connectivity index (χ2v) is 4.64. The summed E-state index contributed by atoms with van der Waals surface area (Å²) in [5.41, 5.74) is 3.80. The summed E-state index contributed by atoms with van der Waals surface area (Å²) < 4.78 is 11.6. The van der Waals surface area contributed by atoms with E-state index in [2.05, 4.69) is 19.3 Å². The van der Waals surface area contributed by atoms with Crippen LogP contribution in [-0.4, -0.2) is 6.61 Å². The van der Waals surface area contributed by atoms with Crippen LogP contribution >= 0.6 is 0 Å². The number of hydrogen-bond acceptors (Lipinski definition) is 4. The summed E-state index contributed by atoms with van der Waals surface area (Å²) in [6.45, 7) is 4.83. The van der Waals surface area contributed by atoms with E-state index in [0.29, 0.717) is 6.61 Å². The lowest BCUT2D eigenvalue weighted by atomic mass is 10.0. The van der Waals surface area contributed by atoms with Gasteiger partial charge < -0.3 is 9.15 Å². The van der Waals surface area contributed by atoms with E-state index in [0.717, 1.165) is 35.7 Å². The van der Waals surface area contributed by atoms with Crippen molar-refractivity contribution in [2.24, 2.45) is 5.84 Å². The van der Waals surface area contributed by atoms with Crippen molar-refractivity contribution in [1.29, 1.82) is 0 Å². The van der Waals surface area contributed by atoms with Gasteiger partial charge in [-0.15, -0.1) is 0 Å². The summed E-state index contributed by atoms with van der Waals surface area (Å²) in [5, 5.41) is 0. The second kappa shape index (κ2) is 7.12. The van der Waals surface area contributed by atoms with Gasteiger partial charge >= 0.3 is 0 Å². The van der Waals surface area contributed by atoms with Crippen LogP contribution in [0.2, 0.25) is 0 Å². The van der Waals surface area contributed by atoms with Crippen molar-refractivity contribution < 1.29 is 9.15 Å². The number of aryl methyl sites for hydroxylation is 1. The number of furan rings is 1. The molecule has 0 aliphatic carbocycles. The molecule has 1 aromatic heterocycles. The van der Waals surface area contributed by atoms with Gasteiger partial charge in [0.25, 0.3) is 0 Å². The Morgan fingerprint density at radius 3 is 2.65 bits per heavy atom. The van der Waals surface area contributed by atoms with E-state index >= 15 is 0 Å². The molecule has 1 heterocycles. The fourth-order valence-electron chi connectivity index (χ4n) is 2.13. The zero-order valence-electron chi connectivity index (χ0n) is 12.1. The molecule has 0 amide bonds. The molecule has 4 heteroatoms. The van der Waals surface area contributed by atoms with Crippen LogP contribution in [0.1, 0.15) is 43.4 Å². The first kappa shape index (κ1) is 14.6. The topological polar surface area (TPSA) is 60.4 Å². The van der Waals surface area contributed by atoms with E-state index in [1.54, 1.807) is 0 Å². The Morgan fingerprint density at radius 1 is 1.20 bits per heavy atom. The average Bonchev–Trinajstić information content (AvgIpc) is 2.96. The molecule has 0 fully saturated rings. The van der Waals surface area contributed by atoms with E-state index in [-0.39, 0.29) is 6.04 Å². The van der Waals surface area contributed by atoms with Crippen LogP contribution in [0.4, 0.5) is 0 Å². The first-order valence-corrected chi connectivity index (χ1v) is 7.06. The summed E-state index contributed by atoms with van der Waals surface area (Å²) in [6, 6.07) is 11.6. The van der Waals surface area contributed by atoms with Gasteiger partial charge in [-0.3, -0.25) is 5.84 Å². The highest BCUT2D eigenvalue weighted by atomic mass is 16.5. The maximum absolute atomic E-state index is 5.80. The molecular weight excluding hydrogens is 252 g/mol. The molecule has 20 heavy (non-hydrogen) atoms. The predicted octanol–water partition coefficient (Wildman–Crippen LogP) is 3.18. The maximum atomic E-state index is 5.80. The molecule has 3 N–H and O–H groups in total. The molecule has 4 nitrogen and oxygen atoms in total. The quantitative estimate of drug-likeness (QED) is 0.601. The van der Waals surface area contributed by atoms with Crippen LogP contribution in [0, 0.1) is 0 Å². The molecular formula is C16H22N2O2. The van der Waals surface area contributed by atoms with Crippen molar-refractivity contribution in [2.45, 2.75) is 32.7 Å². The molecule has 2 aromatic rings. The Bertz CT molecular complexity index is 537. The van der Waals surface area contributed by atoms with Gasteiger partial charge in [0.05, 0.1) is 6.61 Å². The first-order valence-electron chi connectivity index (χ1n) is 7.06. The largest absolute Gasteiger partial charge is 0.493 e. The Balaban J connectivity index is 2.31. The molecule has 1 atom stereocenters. The Labute approximate surface area is 119 Å². The molecule has 0 bridgehead atoms. The van der Waals surface area contributed by atoms with Gasteiger partial charge in [0.15, 0.2) is 0 Å². The SMILES string of the molecule is CCCOc1ccccc1C(NN)c1ccc(CC)o1. The Morgan fingerprint density at radius 2 is 2.00 bits per heavy atom. The van der Waals surface area contributed by atoms with Crippen LogP contribution in [0.25, 0.3) is 0 Å². The Kier molecular flexibility index (Phi) is 5.21. The van der Waals surface area contributed by atoms with E-state index < -0.39 is 0 Å². The number of hydrazine groups is 1. The zero-order chi connectivity index (χ0) is 14.4. The van der Waals surface area contributed by atoms with Crippen LogP contribution < -0.4 is 16.0 Å². The molecule has 0 saturated heterocycles. The zero-order valence-corrected chi connectivity index (χ0v) is 12.1. The number of ether oxygens (including phenoxy) is 1. The van der Waals surface area contributed by atoms with Crippen molar-refractivity contribution in [3.63, 3.8) is 0 Å². The molecule has 1 unspecified atom stereocenters. The highest BCUT2D eigenvalue weighted by molar-refractivity contribution is 5.39. The number of para-hydroxylation sites is 1. The fourth-order valence-corrected chi connectivity index (χ4v) is 2.13. The molecule has 1 aromatic carbocycles. The lowest BCUT2D eigenvalue weighted by molar-refractivity contribution is 0.309. The minimum atomic E-state index is -0.205. The normalized spacial score (nSPS) is 12.3. The predicted molar refractivity (Wildman–Crippen MR) is 79.5 cm³/mol. The smallest absolute Gasteiger partial charge is 0.127 e. The van der Waals surface area contributed by atoms with E-state index in [1.165, 1.54) is 0 Å². The van der Waals surface area contributed by atoms with Crippen LogP contribution in [0.5, 0.6) is 5.75 Å². The molecule has 0 aliphatic heterocycles. The van der Waals surface area contributed by atoms with Gasteiger partial charge in [-0.25, -0.2) is 5.43 Å². The third-order valence-corrected chi connectivity index (χ3v) is 3.17. The second-order valence-electron chi connectivity index (χ2n) is 4.64. The van der Waals surface area contributed by atoms with E-state index in [4.69, 9.17) is 15.0 Å². The van der Waals surface area contributed by atoms with Crippen LogP contribution in [-0.2, 0) is 6.42 Å². The standard InChI is InChI=1S/C16H22N2O2/c1-3-11-19-14-8-6-5-7-13(14)16(18-17)15-10-9-12(4-2)20-15/h5-10,16,18H,3-4,11,17H2,1-2H3. The monoisotopic (exact) mass is 274 g/mol. The summed E-state index contributed by atoms with van der Waals surface area (Å²) in [7, 11) is 0. The highest BCUT2D eigenvalue weighted by Gasteiger charge is 2.20. The third kappa shape index (κ3) is 3.21. The van der Waals surface area contributed by atoms with Gasteiger partial charge in [0.2, 0.25) is 0 Å². The molecule has 0 radical (unpaired) electrons. The van der Waals surface area contributed by atoms with Crippen molar-refractivity contribution >= 4 is 0 Å². The average molecular weight is 274 g/mol. The number of nitrogens with one attached hydrogen (secondary N) is 1. The molecule has 0 aliphatic rings.